The van der Waals surface area contributed by atoms with Crippen LogP contribution in [0.4, 0.5) is 8.78 Å². The second-order valence-electron chi connectivity index (χ2n) is 5.39. The molecule has 1 saturated heterocycles. The van der Waals surface area contributed by atoms with Crippen molar-refractivity contribution in [2.24, 2.45) is 0 Å². The van der Waals surface area contributed by atoms with Gasteiger partial charge in [0.25, 0.3) is 0 Å². The first-order valence-electron chi connectivity index (χ1n) is 7.01. The molecule has 1 aromatic rings. The molecule has 1 N–H and O–H groups in total. The monoisotopic (exact) mass is 268 g/mol. The van der Waals surface area contributed by atoms with E-state index in [4.69, 9.17) is 0 Å². The highest BCUT2D eigenvalue weighted by atomic mass is 19.1. The van der Waals surface area contributed by atoms with Crippen LogP contribution in [0.25, 0.3) is 0 Å². The highest BCUT2D eigenvalue weighted by molar-refractivity contribution is 5.18. The average Bonchev–Trinajstić information content (AvgIpc) is 2.35. The van der Waals surface area contributed by atoms with Gasteiger partial charge in [0.2, 0.25) is 0 Å². The number of nitrogens with zero attached hydrogens (tertiary/aromatic N) is 1. The van der Waals surface area contributed by atoms with E-state index in [0.29, 0.717) is 18.5 Å². The minimum absolute atomic E-state index is 0.479. The molecular formula is C15H22F2N2. The number of rotatable bonds is 4. The van der Waals surface area contributed by atoms with Crippen molar-refractivity contribution >= 4 is 0 Å². The zero-order valence-corrected chi connectivity index (χ0v) is 11.6. The van der Waals surface area contributed by atoms with E-state index in [1.54, 1.807) is 0 Å². The molecule has 0 aliphatic carbocycles. The van der Waals surface area contributed by atoms with Crippen molar-refractivity contribution < 1.29 is 8.78 Å². The molecule has 1 aliphatic rings. The Morgan fingerprint density at radius 2 is 1.95 bits per heavy atom. The van der Waals surface area contributed by atoms with Gasteiger partial charge < -0.3 is 5.32 Å². The lowest BCUT2D eigenvalue weighted by Crippen LogP contribution is -2.55. The number of piperazine rings is 1. The molecule has 106 valence electrons. The molecule has 2 nitrogen and oxygen atoms in total. The predicted molar refractivity (Wildman–Crippen MR) is 73.2 cm³/mol. The fourth-order valence-electron chi connectivity index (χ4n) is 2.74. The lowest BCUT2D eigenvalue weighted by molar-refractivity contribution is 0.133. The van der Waals surface area contributed by atoms with Crippen LogP contribution in [0.5, 0.6) is 0 Å². The summed E-state index contributed by atoms with van der Waals surface area (Å²) in [6.07, 6.45) is 1.79. The minimum atomic E-state index is -0.490. The van der Waals surface area contributed by atoms with Crippen molar-refractivity contribution in [3.05, 3.63) is 35.4 Å². The first-order valence-corrected chi connectivity index (χ1v) is 7.01. The summed E-state index contributed by atoms with van der Waals surface area (Å²) < 4.78 is 26.3. The third-order valence-electron chi connectivity index (χ3n) is 3.81. The molecule has 1 fully saturated rings. The van der Waals surface area contributed by atoms with Crippen LogP contribution < -0.4 is 5.32 Å². The molecule has 0 amide bonds. The minimum Gasteiger partial charge on any atom is -0.311 e. The lowest BCUT2D eigenvalue weighted by Gasteiger charge is -2.39. The molecule has 19 heavy (non-hydrogen) atoms. The van der Waals surface area contributed by atoms with Crippen LogP contribution in [0, 0.1) is 11.6 Å². The standard InChI is InChI=1S/C15H22F2N2/c1-3-15-9-18-11(2)10-19(15)5-4-12-6-13(16)8-14(17)7-12/h6-8,11,15,18H,3-5,9-10H2,1-2H3. The molecule has 1 aliphatic heterocycles. The van der Waals surface area contributed by atoms with Crippen LogP contribution in [0.15, 0.2) is 18.2 Å². The summed E-state index contributed by atoms with van der Waals surface area (Å²) in [4.78, 5) is 2.42. The average molecular weight is 268 g/mol. The van der Waals surface area contributed by atoms with Crippen LogP contribution in [0.1, 0.15) is 25.8 Å². The fourth-order valence-corrected chi connectivity index (χ4v) is 2.74. The van der Waals surface area contributed by atoms with Crippen LogP contribution >= 0.6 is 0 Å². The molecule has 2 unspecified atom stereocenters. The summed E-state index contributed by atoms with van der Waals surface area (Å²) in [5, 5.41) is 3.47. The molecule has 2 rings (SSSR count). The van der Waals surface area contributed by atoms with Crippen molar-refractivity contribution in [3.63, 3.8) is 0 Å². The first-order chi connectivity index (χ1) is 9.08. The van der Waals surface area contributed by atoms with Gasteiger partial charge in [0.05, 0.1) is 0 Å². The summed E-state index contributed by atoms with van der Waals surface area (Å²) in [5.41, 5.74) is 0.735. The zero-order chi connectivity index (χ0) is 13.8. The molecular weight excluding hydrogens is 246 g/mol. The number of benzene rings is 1. The van der Waals surface area contributed by atoms with Gasteiger partial charge in [0, 0.05) is 37.8 Å². The topological polar surface area (TPSA) is 15.3 Å². The second-order valence-corrected chi connectivity index (χ2v) is 5.39. The van der Waals surface area contributed by atoms with Crippen LogP contribution in [-0.4, -0.2) is 36.6 Å². The Balaban J connectivity index is 1.96. The van der Waals surface area contributed by atoms with Crippen molar-refractivity contribution in [2.45, 2.75) is 38.8 Å². The van der Waals surface area contributed by atoms with Crippen molar-refractivity contribution in [1.82, 2.24) is 10.2 Å². The predicted octanol–water partition coefficient (Wildman–Crippen LogP) is 2.58. The third-order valence-corrected chi connectivity index (χ3v) is 3.81. The Morgan fingerprint density at radius 1 is 1.26 bits per heavy atom. The third kappa shape index (κ3) is 3.98. The maximum Gasteiger partial charge on any atom is 0.126 e. The van der Waals surface area contributed by atoms with Gasteiger partial charge in [0.1, 0.15) is 11.6 Å². The van der Waals surface area contributed by atoms with Gasteiger partial charge in [-0.2, -0.15) is 0 Å². The first kappa shape index (κ1) is 14.4. The Hall–Kier alpha value is -1.00. The van der Waals surface area contributed by atoms with Gasteiger partial charge in [-0.05, 0) is 37.5 Å². The van der Waals surface area contributed by atoms with Crippen LogP contribution in [-0.2, 0) is 6.42 Å². The Morgan fingerprint density at radius 3 is 2.58 bits per heavy atom. The van der Waals surface area contributed by atoms with Crippen molar-refractivity contribution in [1.29, 1.82) is 0 Å². The second kappa shape index (κ2) is 6.44. The molecule has 0 spiro atoms. The van der Waals surface area contributed by atoms with Gasteiger partial charge >= 0.3 is 0 Å². The maximum absolute atomic E-state index is 13.1. The maximum atomic E-state index is 13.1. The smallest absolute Gasteiger partial charge is 0.126 e. The van der Waals surface area contributed by atoms with Gasteiger partial charge in [-0.3, -0.25) is 4.90 Å². The highest BCUT2D eigenvalue weighted by Gasteiger charge is 2.23. The van der Waals surface area contributed by atoms with E-state index in [1.165, 1.54) is 12.1 Å². The van der Waals surface area contributed by atoms with E-state index in [-0.39, 0.29) is 0 Å². The summed E-state index contributed by atoms with van der Waals surface area (Å²) in [6, 6.07) is 4.78. The zero-order valence-electron chi connectivity index (χ0n) is 11.6. The molecule has 0 bridgehead atoms. The number of hydrogen-bond acceptors (Lipinski definition) is 2. The lowest BCUT2D eigenvalue weighted by atomic mass is 10.1. The normalized spacial score (nSPS) is 24.6. The van der Waals surface area contributed by atoms with E-state index < -0.39 is 11.6 Å². The number of hydrogen-bond donors (Lipinski definition) is 1. The Labute approximate surface area is 113 Å². The van der Waals surface area contributed by atoms with E-state index >= 15 is 0 Å². The van der Waals surface area contributed by atoms with Crippen molar-refractivity contribution in [2.75, 3.05) is 19.6 Å². The van der Waals surface area contributed by atoms with E-state index in [2.05, 4.69) is 24.1 Å². The quantitative estimate of drug-likeness (QED) is 0.903. The van der Waals surface area contributed by atoms with E-state index in [0.717, 1.165) is 37.7 Å². The van der Waals surface area contributed by atoms with Gasteiger partial charge in [-0.1, -0.05) is 6.92 Å². The van der Waals surface area contributed by atoms with Gasteiger partial charge in [-0.25, -0.2) is 8.78 Å². The SMILES string of the molecule is CCC1CNC(C)CN1CCc1cc(F)cc(F)c1. The Bertz CT molecular complexity index is 402. The van der Waals surface area contributed by atoms with E-state index in [1.807, 2.05) is 0 Å². The van der Waals surface area contributed by atoms with Crippen molar-refractivity contribution in [3.8, 4) is 0 Å². The molecule has 0 saturated carbocycles. The number of nitrogens with one attached hydrogen (secondary N) is 1. The molecule has 0 aromatic heterocycles. The molecule has 1 heterocycles. The summed E-state index contributed by atoms with van der Waals surface area (Å²) in [5.74, 6) is -0.980. The van der Waals surface area contributed by atoms with Gasteiger partial charge in [0.15, 0.2) is 0 Å². The molecule has 0 radical (unpaired) electrons. The largest absolute Gasteiger partial charge is 0.311 e. The molecule has 1 aromatic carbocycles. The van der Waals surface area contributed by atoms with Crippen LogP contribution in [0.2, 0.25) is 0 Å². The summed E-state index contributed by atoms with van der Waals surface area (Å²) in [7, 11) is 0. The van der Waals surface area contributed by atoms with Gasteiger partial charge in [-0.15, -0.1) is 0 Å². The summed E-state index contributed by atoms with van der Waals surface area (Å²) in [6.45, 7) is 7.19. The highest BCUT2D eigenvalue weighted by Crippen LogP contribution is 2.13. The fraction of sp³-hybridized carbons (Fsp3) is 0.600. The Kier molecular flexibility index (Phi) is 4.88. The summed E-state index contributed by atoms with van der Waals surface area (Å²) >= 11 is 0. The molecule has 4 heteroatoms. The van der Waals surface area contributed by atoms with Crippen LogP contribution in [0.3, 0.4) is 0 Å². The molecule has 2 atom stereocenters. The number of halogens is 2. The van der Waals surface area contributed by atoms with E-state index in [9.17, 15) is 8.78 Å².